The minimum atomic E-state index is -1.13. The molecule has 3 aliphatic rings. The number of hydrogen-bond acceptors (Lipinski definition) is 7. The third kappa shape index (κ3) is 3.20. The van der Waals surface area contributed by atoms with E-state index in [0.29, 0.717) is 11.0 Å². The van der Waals surface area contributed by atoms with E-state index in [1.54, 1.807) is 21.2 Å². The minimum Gasteiger partial charge on any atom is -0.325 e. The second-order valence-corrected chi connectivity index (χ2v) is 11.2. The quantitative estimate of drug-likeness (QED) is 0.511. The number of nitrogens with zero attached hydrogens (tertiary/aromatic N) is 3. The second-order valence-electron chi connectivity index (χ2n) is 8.98. The number of thiophene rings is 1. The van der Waals surface area contributed by atoms with Crippen molar-refractivity contribution in [2.45, 2.75) is 38.2 Å². The van der Waals surface area contributed by atoms with Crippen molar-refractivity contribution in [1.29, 1.82) is 0 Å². The number of hydrazone groups is 1. The Balaban J connectivity index is 1.58. The van der Waals surface area contributed by atoms with Gasteiger partial charge in [-0.25, -0.2) is 5.01 Å². The Morgan fingerprint density at radius 2 is 1.76 bits per heavy atom. The number of fused-ring (bicyclic) bond motifs is 3. The lowest BCUT2D eigenvalue weighted by atomic mass is 9.88. The zero-order valence-corrected chi connectivity index (χ0v) is 20.6. The third-order valence-electron chi connectivity index (χ3n) is 6.54. The Labute approximate surface area is 206 Å². The standard InChI is InChI=1S/C26H24N4O2S2/c1-16-13-14-20-21(15-16)33-24-22(20)25(32)29(18-9-5-3-6-10-18)26(27-24)30(19-11-7-4-8-12-19)28-23(34-26)17(2)31/h3-12,16,27H,13-15H2,1-2H3/t16-,26-/m1/s1. The molecule has 1 amide bonds. The predicted molar refractivity (Wildman–Crippen MR) is 140 cm³/mol. The van der Waals surface area contributed by atoms with Crippen molar-refractivity contribution in [3.05, 3.63) is 76.7 Å². The van der Waals surface area contributed by atoms with Crippen LogP contribution in [0.4, 0.5) is 16.4 Å². The molecule has 172 valence electrons. The molecular formula is C26H24N4O2S2. The number of rotatable bonds is 3. The maximum Gasteiger partial charge on any atom is 0.274 e. The molecule has 6 rings (SSSR count). The highest BCUT2D eigenvalue weighted by atomic mass is 32.2. The van der Waals surface area contributed by atoms with E-state index in [1.807, 2.05) is 60.7 Å². The Kier molecular flexibility index (Phi) is 5.04. The summed E-state index contributed by atoms with van der Waals surface area (Å²) in [6, 6.07) is 19.4. The van der Waals surface area contributed by atoms with Crippen molar-refractivity contribution in [3.8, 4) is 0 Å². The number of amides is 1. The molecule has 0 bridgehead atoms. The summed E-state index contributed by atoms with van der Waals surface area (Å²) in [5, 5.41) is 10.3. The molecule has 2 aromatic carbocycles. The van der Waals surface area contributed by atoms with E-state index in [1.165, 1.54) is 29.1 Å². The SMILES string of the molecule is CC(=O)C1=NN(c2ccccc2)[C@]2(Nc3sc4c(c3C(=O)N2c2ccccc2)CC[C@@H](C)C4)S1. The molecule has 1 N–H and O–H groups in total. The molecule has 1 spiro atoms. The molecule has 2 aliphatic heterocycles. The third-order valence-corrected chi connectivity index (χ3v) is 9.02. The predicted octanol–water partition coefficient (Wildman–Crippen LogP) is 5.71. The van der Waals surface area contributed by atoms with Gasteiger partial charge in [0, 0.05) is 17.5 Å². The normalized spacial score (nSPS) is 23.4. The van der Waals surface area contributed by atoms with E-state index in [4.69, 9.17) is 5.10 Å². The average molecular weight is 489 g/mol. The van der Waals surface area contributed by atoms with Gasteiger partial charge < -0.3 is 5.32 Å². The van der Waals surface area contributed by atoms with Crippen LogP contribution in [0.3, 0.4) is 0 Å². The smallest absolute Gasteiger partial charge is 0.274 e. The molecule has 8 heteroatoms. The molecule has 34 heavy (non-hydrogen) atoms. The summed E-state index contributed by atoms with van der Waals surface area (Å²) in [4.78, 5) is 29.9. The van der Waals surface area contributed by atoms with Crippen LogP contribution >= 0.6 is 23.1 Å². The number of benzene rings is 2. The molecule has 3 aromatic rings. The van der Waals surface area contributed by atoms with Gasteiger partial charge in [-0.15, -0.1) is 11.3 Å². The molecule has 1 aliphatic carbocycles. The summed E-state index contributed by atoms with van der Waals surface area (Å²) in [7, 11) is 0. The number of carbonyl (C=O) groups is 2. The molecule has 1 aromatic heterocycles. The van der Waals surface area contributed by atoms with Gasteiger partial charge >= 0.3 is 0 Å². The molecule has 6 nitrogen and oxygen atoms in total. The number of Topliss-reactive ketones (excluding diaryl/α,β-unsaturated/α-hetero) is 1. The van der Waals surface area contributed by atoms with Crippen LogP contribution in [0, 0.1) is 5.92 Å². The Morgan fingerprint density at radius 1 is 1.09 bits per heavy atom. The molecule has 0 fully saturated rings. The monoisotopic (exact) mass is 488 g/mol. The first-order chi connectivity index (χ1) is 16.5. The summed E-state index contributed by atoms with van der Waals surface area (Å²) >= 11 is 2.96. The fourth-order valence-corrected chi connectivity index (χ4v) is 7.62. The number of carbonyl (C=O) groups excluding carboxylic acids is 2. The van der Waals surface area contributed by atoms with Crippen LogP contribution in [0.15, 0.2) is 65.8 Å². The van der Waals surface area contributed by atoms with Crippen molar-refractivity contribution >= 4 is 56.2 Å². The summed E-state index contributed by atoms with van der Waals surface area (Å²) in [5.41, 5.74) is 3.49. The van der Waals surface area contributed by atoms with Crippen molar-refractivity contribution in [1.82, 2.24) is 0 Å². The Bertz CT molecular complexity index is 1320. The fraction of sp³-hybridized carbons (Fsp3) is 0.269. The maximum atomic E-state index is 14.4. The Morgan fingerprint density at radius 3 is 2.44 bits per heavy atom. The first-order valence-electron chi connectivity index (χ1n) is 11.4. The number of thioether (sulfide) groups is 1. The van der Waals surface area contributed by atoms with Gasteiger partial charge in [-0.1, -0.05) is 43.3 Å². The summed E-state index contributed by atoms with van der Waals surface area (Å²) in [5.74, 6) is 0.423. The number of para-hydroxylation sites is 2. The van der Waals surface area contributed by atoms with Crippen LogP contribution in [0.25, 0.3) is 0 Å². The van der Waals surface area contributed by atoms with Gasteiger partial charge in [0.2, 0.25) is 0 Å². The van der Waals surface area contributed by atoms with Crippen LogP contribution in [0.5, 0.6) is 0 Å². The average Bonchev–Trinajstić information content (AvgIpc) is 3.39. The van der Waals surface area contributed by atoms with Crippen molar-refractivity contribution < 1.29 is 9.59 Å². The van der Waals surface area contributed by atoms with Gasteiger partial charge in [-0.05, 0) is 66.8 Å². The van der Waals surface area contributed by atoms with E-state index < -0.39 is 5.12 Å². The number of nitrogens with one attached hydrogen (secondary N) is 1. The topological polar surface area (TPSA) is 65.0 Å². The van der Waals surface area contributed by atoms with Crippen LogP contribution in [0.2, 0.25) is 0 Å². The number of hydrogen-bond donors (Lipinski definition) is 1. The highest BCUT2D eigenvalue weighted by Crippen LogP contribution is 2.52. The van der Waals surface area contributed by atoms with Gasteiger partial charge in [0.25, 0.3) is 11.0 Å². The minimum absolute atomic E-state index is 0.0552. The second kappa shape index (κ2) is 7.99. The van der Waals surface area contributed by atoms with Gasteiger partial charge in [-0.2, -0.15) is 5.10 Å². The highest BCUT2D eigenvalue weighted by molar-refractivity contribution is 8.17. The summed E-state index contributed by atoms with van der Waals surface area (Å²) in [6.07, 6.45) is 2.99. The zero-order valence-electron chi connectivity index (χ0n) is 18.9. The van der Waals surface area contributed by atoms with E-state index >= 15 is 0 Å². The van der Waals surface area contributed by atoms with Crippen LogP contribution in [-0.4, -0.2) is 21.9 Å². The van der Waals surface area contributed by atoms with E-state index in [9.17, 15) is 9.59 Å². The lowest BCUT2D eigenvalue weighted by molar-refractivity contribution is -0.110. The largest absolute Gasteiger partial charge is 0.325 e. The van der Waals surface area contributed by atoms with Gasteiger partial charge in [0.05, 0.1) is 11.3 Å². The van der Waals surface area contributed by atoms with E-state index in [-0.39, 0.29) is 11.7 Å². The van der Waals surface area contributed by atoms with Gasteiger partial charge in [-0.3, -0.25) is 14.5 Å². The Hall–Kier alpha value is -3.10. The molecule has 0 saturated carbocycles. The zero-order chi connectivity index (χ0) is 23.4. The molecule has 0 unspecified atom stereocenters. The number of ketones is 1. The van der Waals surface area contributed by atoms with Gasteiger partial charge in [0.1, 0.15) is 5.00 Å². The summed E-state index contributed by atoms with van der Waals surface area (Å²) < 4.78 is 0. The lowest BCUT2D eigenvalue weighted by Gasteiger charge is -2.47. The molecule has 3 heterocycles. The molecule has 0 saturated heterocycles. The highest BCUT2D eigenvalue weighted by Gasteiger charge is 2.57. The van der Waals surface area contributed by atoms with Crippen LogP contribution in [-0.2, 0) is 17.6 Å². The lowest BCUT2D eigenvalue weighted by Crippen LogP contribution is -2.65. The van der Waals surface area contributed by atoms with Crippen LogP contribution in [0.1, 0.15) is 41.1 Å². The van der Waals surface area contributed by atoms with Crippen molar-refractivity contribution in [2.75, 3.05) is 15.2 Å². The van der Waals surface area contributed by atoms with E-state index in [0.717, 1.165) is 41.2 Å². The van der Waals surface area contributed by atoms with Crippen LogP contribution < -0.4 is 15.2 Å². The van der Waals surface area contributed by atoms with Crippen molar-refractivity contribution in [3.63, 3.8) is 0 Å². The molecule has 0 radical (unpaired) electrons. The molecule has 2 atom stereocenters. The maximum absolute atomic E-state index is 14.4. The first-order valence-corrected chi connectivity index (χ1v) is 13.1. The first kappa shape index (κ1) is 21.4. The summed E-state index contributed by atoms with van der Waals surface area (Å²) in [6.45, 7) is 3.79. The fourth-order valence-electron chi connectivity index (χ4n) is 4.91. The van der Waals surface area contributed by atoms with Gasteiger partial charge in [0.15, 0.2) is 10.8 Å². The van der Waals surface area contributed by atoms with Crippen molar-refractivity contribution in [2.24, 2.45) is 11.0 Å². The number of anilines is 3. The van der Waals surface area contributed by atoms with E-state index in [2.05, 4.69) is 12.2 Å². The molecular weight excluding hydrogens is 464 g/mol.